The summed E-state index contributed by atoms with van der Waals surface area (Å²) in [7, 11) is 0. The lowest BCUT2D eigenvalue weighted by atomic mass is 9.97. The zero-order chi connectivity index (χ0) is 33.0. The summed E-state index contributed by atoms with van der Waals surface area (Å²) in [6.07, 6.45) is 9.47. The van der Waals surface area contributed by atoms with Crippen LogP contribution >= 0.6 is 0 Å². The molecule has 2 aliphatic heterocycles. The molecule has 2 aliphatic rings. The average molecular weight is 650 g/mol. The van der Waals surface area contributed by atoms with Gasteiger partial charge in [-0.05, 0) is 39.0 Å². The lowest BCUT2D eigenvalue weighted by Gasteiger charge is -2.49. The van der Waals surface area contributed by atoms with Crippen LogP contribution in [0.2, 0.25) is 0 Å². The molecule has 9 heteroatoms. The Bertz CT molecular complexity index is 920. The van der Waals surface area contributed by atoms with Crippen LogP contribution in [0.3, 0.4) is 0 Å². The highest BCUT2D eigenvalue weighted by molar-refractivity contribution is 5.16. The number of hydrogen-bond donors (Lipinski definition) is 1. The summed E-state index contributed by atoms with van der Waals surface area (Å²) >= 11 is 0. The van der Waals surface area contributed by atoms with Crippen molar-refractivity contribution in [1.82, 2.24) is 0 Å². The van der Waals surface area contributed by atoms with Crippen molar-refractivity contribution in [1.29, 1.82) is 0 Å². The van der Waals surface area contributed by atoms with E-state index in [0.717, 1.165) is 63.4 Å². The first-order valence-electron chi connectivity index (χ1n) is 18.0. The Morgan fingerprint density at radius 3 is 2.09 bits per heavy atom. The minimum Gasteiger partial charge on any atom is -0.375 e. The van der Waals surface area contributed by atoms with Gasteiger partial charge in [0.05, 0.1) is 25.4 Å². The third-order valence-electron chi connectivity index (χ3n) is 8.46. The molecule has 2 fully saturated rings. The Morgan fingerprint density at radius 1 is 0.804 bits per heavy atom. The highest BCUT2D eigenvalue weighted by Gasteiger charge is 2.52. The Morgan fingerprint density at radius 2 is 1.43 bits per heavy atom. The Labute approximate surface area is 278 Å². The summed E-state index contributed by atoms with van der Waals surface area (Å²) in [4.78, 5) is 0. The molecule has 4 unspecified atom stereocenters. The molecule has 9 nitrogen and oxygen atoms in total. The Hall–Kier alpha value is -1.40. The molecular weight excluding hydrogens is 586 g/mol. The highest BCUT2D eigenvalue weighted by Crippen LogP contribution is 2.37. The number of nitrogens with two attached hydrogens (primary N) is 1. The lowest BCUT2D eigenvalue weighted by molar-refractivity contribution is -0.371. The minimum absolute atomic E-state index is 0.174. The second-order valence-corrected chi connectivity index (χ2v) is 12.4. The zero-order valence-corrected chi connectivity index (χ0v) is 29.2. The second kappa shape index (κ2) is 23.0. The molecule has 0 aromatic heterocycles. The van der Waals surface area contributed by atoms with Crippen LogP contribution in [-0.4, -0.2) is 88.6 Å². The molecule has 2 heterocycles. The van der Waals surface area contributed by atoms with Gasteiger partial charge in [-0.3, -0.25) is 0 Å². The van der Waals surface area contributed by atoms with Crippen molar-refractivity contribution in [2.45, 2.75) is 148 Å². The minimum atomic E-state index is -0.706. The van der Waals surface area contributed by atoms with E-state index in [1.54, 1.807) is 0 Å². The van der Waals surface area contributed by atoms with Gasteiger partial charge < -0.3 is 43.6 Å². The summed E-state index contributed by atoms with van der Waals surface area (Å²) in [5.41, 5.74) is 7.84. The van der Waals surface area contributed by atoms with Gasteiger partial charge in [-0.25, -0.2) is 0 Å². The monoisotopic (exact) mass is 649 g/mol. The van der Waals surface area contributed by atoms with Gasteiger partial charge in [0.25, 0.3) is 0 Å². The quantitative estimate of drug-likeness (QED) is 0.0949. The SMILES string of the molecule is CC=CC[C@@H](OCCCC)[C@@H](OCCCC)[C@@H](N)CO[C@H]1OC2COC(c3ccccc3)O[C@@H]2C(OCCCC)C1OCCCC. The molecule has 0 bridgehead atoms. The van der Waals surface area contributed by atoms with Crippen LogP contribution < -0.4 is 5.73 Å². The van der Waals surface area contributed by atoms with Crippen LogP contribution in [-0.2, 0) is 37.9 Å². The van der Waals surface area contributed by atoms with Gasteiger partial charge in [-0.15, -0.1) is 0 Å². The number of rotatable bonds is 24. The summed E-state index contributed by atoms with van der Waals surface area (Å²) in [6.45, 7) is 13.7. The third kappa shape index (κ3) is 12.6. The van der Waals surface area contributed by atoms with Crippen molar-refractivity contribution in [3.63, 3.8) is 0 Å². The molecule has 1 aromatic carbocycles. The number of fused-ring (bicyclic) bond motifs is 1. The van der Waals surface area contributed by atoms with Gasteiger partial charge in [-0.1, -0.05) is 95.9 Å². The molecule has 0 radical (unpaired) electrons. The van der Waals surface area contributed by atoms with Crippen LogP contribution in [0.4, 0.5) is 0 Å². The number of unbranched alkanes of at least 4 members (excludes halogenated alkanes) is 4. The fraction of sp³-hybridized carbons (Fsp3) is 0.784. The van der Waals surface area contributed by atoms with Crippen molar-refractivity contribution in [3.8, 4) is 0 Å². The first kappa shape index (κ1) is 39.0. The fourth-order valence-electron chi connectivity index (χ4n) is 5.67. The molecule has 2 saturated heterocycles. The Kier molecular flexibility index (Phi) is 19.6. The van der Waals surface area contributed by atoms with E-state index in [0.29, 0.717) is 33.0 Å². The van der Waals surface area contributed by atoms with Gasteiger partial charge in [0.2, 0.25) is 0 Å². The normalized spacial score (nSPS) is 27.0. The number of allylic oxidation sites excluding steroid dienone is 1. The van der Waals surface area contributed by atoms with Crippen LogP contribution in [0, 0.1) is 0 Å². The van der Waals surface area contributed by atoms with E-state index in [4.69, 9.17) is 43.6 Å². The first-order chi connectivity index (χ1) is 22.6. The van der Waals surface area contributed by atoms with E-state index in [1.807, 2.05) is 43.3 Å². The van der Waals surface area contributed by atoms with Crippen molar-refractivity contribution >= 4 is 0 Å². The van der Waals surface area contributed by atoms with Gasteiger partial charge in [0.1, 0.15) is 30.5 Å². The summed E-state index contributed by atoms with van der Waals surface area (Å²) in [5.74, 6) is 0. The number of benzene rings is 1. The summed E-state index contributed by atoms with van der Waals surface area (Å²) in [5, 5.41) is 0. The van der Waals surface area contributed by atoms with E-state index in [1.165, 1.54) is 0 Å². The van der Waals surface area contributed by atoms with E-state index in [9.17, 15) is 0 Å². The molecule has 9 atom stereocenters. The smallest absolute Gasteiger partial charge is 0.187 e. The fourth-order valence-corrected chi connectivity index (χ4v) is 5.67. The molecular formula is C37H63NO8. The molecule has 0 amide bonds. The predicted octanol–water partition coefficient (Wildman–Crippen LogP) is 6.88. The van der Waals surface area contributed by atoms with E-state index in [-0.39, 0.29) is 31.0 Å². The molecule has 2 N–H and O–H groups in total. The molecule has 0 saturated carbocycles. The summed E-state index contributed by atoms with van der Waals surface area (Å²) in [6, 6.07) is 9.55. The maximum atomic E-state index is 6.88. The lowest BCUT2D eigenvalue weighted by Crippen LogP contribution is -2.64. The van der Waals surface area contributed by atoms with Crippen LogP contribution in [0.5, 0.6) is 0 Å². The van der Waals surface area contributed by atoms with Crippen molar-refractivity contribution in [2.24, 2.45) is 5.73 Å². The van der Waals surface area contributed by atoms with E-state index in [2.05, 4.69) is 33.8 Å². The highest BCUT2D eigenvalue weighted by atomic mass is 16.8. The van der Waals surface area contributed by atoms with Crippen LogP contribution in [0.25, 0.3) is 0 Å². The maximum Gasteiger partial charge on any atom is 0.187 e. The Balaban J connectivity index is 1.80. The summed E-state index contributed by atoms with van der Waals surface area (Å²) < 4.78 is 51.6. The molecule has 46 heavy (non-hydrogen) atoms. The average Bonchev–Trinajstić information content (AvgIpc) is 3.08. The molecule has 264 valence electrons. The van der Waals surface area contributed by atoms with Gasteiger partial charge in [-0.2, -0.15) is 0 Å². The third-order valence-corrected chi connectivity index (χ3v) is 8.46. The van der Waals surface area contributed by atoms with Crippen molar-refractivity contribution in [2.75, 3.05) is 39.6 Å². The molecule has 0 aliphatic carbocycles. The second-order valence-electron chi connectivity index (χ2n) is 12.4. The number of ether oxygens (including phenoxy) is 8. The van der Waals surface area contributed by atoms with Crippen LogP contribution in [0.1, 0.15) is 104 Å². The first-order valence-corrected chi connectivity index (χ1v) is 18.0. The van der Waals surface area contributed by atoms with Crippen LogP contribution in [0.15, 0.2) is 42.5 Å². The zero-order valence-electron chi connectivity index (χ0n) is 29.2. The van der Waals surface area contributed by atoms with Crippen molar-refractivity contribution in [3.05, 3.63) is 48.0 Å². The van der Waals surface area contributed by atoms with E-state index < -0.39 is 30.8 Å². The van der Waals surface area contributed by atoms with Gasteiger partial charge >= 0.3 is 0 Å². The molecule has 1 aromatic rings. The van der Waals surface area contributed by atoms with Gasteiger partial charge in [0, 0.05) is 32.0 Å². The maximum absolute atomic E-state index is 6.88. The standard InChI is InChI=1S/C37H63NO8/c1-6-11-21-30(39-22-12-7-2)32(40-23-13-8-3)29(38)26-43-37-35(42-25-15-10-5)34(41-24-14-9-4)33-31(45-37)27-44-36(46-33)28-19-17-16-18-20-28/h6,11,16-20,29-37H,7-10,12-15,21-27,38H2,1-5H3/t29-,30+,31?,32-,33-,34?,35?,36?,37-/m0/s1. The van der Waals surface area contributed by atoms with Gasteiger partial charge in [0.15, 0.2) is 12.6 Å². The predicted molar refractivity (Wildman–Crippen MR) is 181 cm³/mol. The largest absolute Gasteiger partial charge is 0.375 e. The molecule has 3 rings (SSSR count). The molecule has 0 spiro atoms. The van der Waals surface area contributed by atoms with E-state index >= 15 is 0 Å². The number of hydrogen-bond acceptors (Lipinski definition) is 9. The van der Waals surface area contributed by atoms with Crippen molar-refractivity contribution < 1.29 is 37.9 Å². The topological polar surface area (TPSA) is 99.9 Å².